The average Bonchev–Trinajstić information content (AvgIpc) is 2.32. The highest BCUT2D eigenvalue weighted by atomic mass is 35.5. The van der Waals surface area contributed by atoms with Crippen LogP contribution in [0.2, 0.25) is 5.02 Å². The molecule has 5 heteroatoms. The van der Waals surface area contributed by atoms with Gasteiger partial charge in [0.2, 0.25) is 0 Å². The number of anilines is 1. The summed E-state index contributed by atoms with van der Waals surface area (Å²) in [6.45, 7) is 3.93. The van der Waals surface area contributed by atoms with Crippen LogP contribution in [-0.4, -0.2) is 23.3 Å². The van der Waals surface area contributed by atoms with Crippen LogP contribution in [0.5, 0.6) is 0 Å². The third-order valence-electron chi connectivity index (χ3n) is 2.96. The molecule has 0 aliphatic heterocycles. The SMILES string of the molecule is CCC(C)(CCO)NC(=O)Nc1ccc(Cl)cc1. The van der Waals surface area contributed by atoms with E-state index in [-0.39, 0.29) is 12.6 Å². The number of hydrogen-bond donors (Lipinski definition) is 3. The molecule has 0 saturated heterocycles. The van der Waals surface area contributed by atoms with Gasteiger partial charge in [0.15, 0.2) is 0 Å². The maximum absolute atomic E-state index is 11.8. The van der Waals surface area contributed by atoms with Crippen molar-refractivity contribution in [1.29, 1.82) is 0 Å². The van der Waals surface area contributed by atoms with Crippen LogP contribution in [0.1, 0.15) is 26.7 Å². The lowest BCUT2D eigenvalue weighted by Gasteiger charge is -2.29. The van der Waals surface area contributed by atoms with Crippen LogP contribution >= 0.6 is 11.6 Å². The van der Waals surface area contributed by atoms with Gasteiger partial charge in [-0.15, -0.1) is 0 Å². The van der Waals surface area contributed by atoms with E-state index in [1.807, 2.05) is 13.8 Å². The fraction of sp³-hybridized carbons (Fsp3) is 0.462. The minimum Gasteiger partial charge on any atom is -0.396 e. The largest absolute Gasteiger partial charge is 0.396 e. The maximum Gasteiger partial charge on any atom is 0.319 e. The van der Waals surface area contributed by atoms with E-state index in [4.69, 9.17) is 16.7 Å². The highest BCUT2D eigenvalue weighted by Crippen LogP contribution is 2.16. The number of nitrogens with one attached hydrogen (secondary N) is 2. The Hall–Kier alpha value is -1.26. The Balaban J connectivity index is 2.58. The van der Waals surface area contributed by atoms with Crippen LogP contribution in [0.25, 0.3) is 0 Å². The number of rotatable bonds is 5. The van der Waals surface area contributed by atoms with Gasteiger partial charge in [-0.1, -0.05) is 18.5 Å². The molecule has 0 aliphatic rings. The Morgan fingerprint density at radius 3 is 2.50 bits per heavy atom. The zero-order valence-electron chi connectivity index (χ0n) is 10.7. The van der Waals surface area contributed by atoms with Crippen LogP contribution in [-0.2, 0) is 0 Å². The van der Waals surface area contributed by atoms with Gasteiger partial charge in [-0.25, -0.2) is 4.79 Å². The van der Waals surface area contributed by atoms with E-state index in [0.29, 0.717) is 17.1 Å². The van der Waals surface area contributed by atoms with Crippen molar-refractivity contribution in [2.75, 3.05) is 11.9 Å². The van der Waals surface area contributed by atoms with Crippen molar-refractivity contribution in [2.24, 2.45) is 0 Å². The van der Waals surface area contributed by atoms with Gasteiger partial charge in [0.25, 0.3) is 0 Å². The molecule has 1 atom stereocenters. The van der Waals surface area contributed by atoms with Crippen LogP contribution in [0.4, 0.5) is 10.5 Å². The predicted molar refractivity (Wildman–Crippen MR) is 74.0 cm³/mol. The molecule has 0 spiro atoms. The molecular weight excluding hydrogens is 252 g/mol. The van der Waals surface area contributed by atoms with Gasteiger partial charge in [0, 0.05) is 22.9 Å². The van der Waals surface area contributed by atoms with Crippen molar-refractivity contribution in [3.8, 4) is 0 Å². The molecule has 100 valence electrons. The Morgan fingerprint density at radius 1 is 1.39 bits per heavy atom. The molecule has 4 nitrogen and oxygen atoms in total. The summed E-state index contributed by atoms with van der Waals surface area (Å²) >= 11 is 5.76. The number of hydrogen-bond acceptors (Lipinski definition) is 2. The third kappa shape index (κ3) is 4.55. The molecule has 0 aliphatic carbocycles. The molecule has 1 unspecified atom stereocenters. The molecule has 3 N–H and O–H groups in total. The average molecular weight is 271 g/mol. The number of carbonyl (C=O) groups is 1. The minimum atomic E-state index is -0.398. The van der Waals surface area contributed by atoms with Crippen LogP contribution in [0.15, 0.2) is 24.3 Å². The maximum atomic E-state index is 11.8. The topological polar surface area (TPSA) is 61.4 Å². The zero-order chi connectivity index (χ0) is 13.6. The van der Waals surface area contributed by atoms with Gasteiger partial charge in [-0.3, -0.25) is 0 Å². The Morgan fingerprint density at radius 2 is 2.00 bits per heavy atom. The molecule has 18 heavy (non-hydrogen) atoms. The third-order valence-corrected chi connectivity index (χ3v) is 3.21. The number of amides is 2. The summed E-state index contributed by atoms with van der Waals surface area (Å²) < 4.78 is 0. The molecule has 2 amide bonds. The van der Waals surface area contributed by atoms with Crippen molar-refractivity contribution in [3.05, 3.63) is 29.3 Å². The summed E-state index contributed by atoms with van der Waals surface area (Å²) in [5.41, 5.74) is 0.282. The molecule has 1 aromatic carbocycles. The lowest BCUT2D eigenvalue weighted by atomic mass is 9.95. The standard InChI is InChI=1S/C13H19ClN2O2/c1-3-13(2,8-9-17)16-12(18)15-11-6-4-10(14)5-7-11/h4-7,17H,3,8-9H2,1-2H3,(H2,15,16,18). The van der Waals surface area contributed by atoms with E-state index in [1.165, 1.54) is 0 Å². The van der Waals surface area contributed by atoms with E-state index in [1.54, 1.807) is 24.3 Å². The molecule has 0 radical (unpaired) electrons. The number of halogens is 1. The lowest BCUT2D eigenvalue weighted by Crippen LogP contribution is -2.48. The minimum absolute atomic E-state index is 0.0472. The van der Waals surface area contributed by atoms with Gasteiger partial charge >= 0.3 is 6.03 Å². The molecule has 0 bridgehead atoms. The van der Waals surface area contributed by atoms with Gasteiger partial charge < -0.3 is 15.7 Å². The molecule has 1 rings (SSSR count). The number of benzene rings is 1. The summed E-state index contributed by atoms with van der Waals surface area (Å²) in [4.78, 5) is 11.8. The highest BCUT2D eigenvalue weighted by molar-refractivity contribution is 6.30. The smallest absolute Gasteiger partial charge is 0.319 e. The fourth-order valence-corrected chi connectivity index (χ4v) is 1.67. The van der Waals surface area contributed by atoms with Gasteiger partial charge in [0.1, 0.15) is 0 Å². The summed E-state index contributed by atoms with van der Waals surface area (Å²) in [7, 11) is 0. The van der Waals surface area contributed by atoms with Crippen molar-refractivity contribution in [3.63, 3.8) is 0 Å². The summed E-state index contributed by atoms with van der Waals surface area (Å²) in [6, 6.07) is 6.61. The van der Waals surface area contributed by atoms with Gasteiger partial charge in [-0.2, -0.15) is 0 Å². The quantitative estimate of drug-likeness (QED) is 0.770. The number of carbonyl (C=O) groups excluding carboxylic acids is 1. The second-order valence-corrected chi connectivity index (χ2v) is 4.91. The molecule has 0 saturated carbocycles. The summed E-state index contributed by atoms with van der Waals surface area (Å²) in [5.74, 6) is 0. The van der Waals surface area contributed by atoms with Crippen molar-refractivity contribution in [1.82, 2.24) is 5.32 Å². The van der Waals surface area contributed by atoms with Crippen molar-refractivity contribution >= 4 is 23.3 Å². The fourth-order valence-electron chi connectivity index (χ4n) is 1.54. The monoisotopic (exact) mass is 270 g/mol. The van der Waals surface area contributed by atoms with Gasteiger partial charge in [0.05, 0.1) is 0 Å². The van der Waals surface area contributed by atoms with E-state index in [9.17, 15) is 4.79 Å². The zero-order valence-corrected chi connectivity index (χ0v) is 11.4. The summed E-state index contributed by atoms with van der Waals surface area (Å²) in [5, 5.41) is 15.2. The lowest BCUT2D eigenvalue weighted by molar-refractivity contribution is 0.208. The Bertz CT molecular complexity index is 394. The molecule has 0 heterocycles. The van der Waals surface area contributed by atoms with Crippen molar-refractivity contribution < 1.29 is 9.90 Å². The molecule has 0 fully saturated rings. The molecule has 1 aromatic rings. The molecular formula is C13H19ClN2O2. The molecule has 0 aromatic heterocycles. The van der Waals surface area contributed by atoms with Gasteiger partial charge in [-0.05, 0) is 44.0 Å². The first-order valence-corrected chi connectivity index (χ1v) is 6.32. The Labute approximate surface area is 112 Å². The van der Waals surface area contributed by atoms with E-state index in [0.717, 1.165) is 6.42 Å². The first-order valence-electron chi connectivity index (χ1n) is 5.94. The van der Waals surface area contributed by atoms with E-state index >= 15 is 0 Å². The van der Waals surface area contributed by atoms with Crippen LogP contribution in [0, 0.1) is 0 Å². The van der Waals surface area contributed by atoms with Crippen LogP contribution in [0.3, 0.4) is 0 Å². The van der Waals surface area contributed by atoms with E-state index in [2.05, 4.69) is 10.6 Å². The second kappa shape index (κ2) is 6.61. The first-order chi connectivity index (χ1) is 8.49. The normalized spacial score (nSPS) is 13.8. The number of aliphatic hydroxyl groups excluding tert-OH is 1. The van der Waals surface area contributed by atoms with Crippen LogP contribution < -0.4 is 10.6 Å². The summed E-state index contributed by atoms with van der Waals surface area (Å²) in [6.07, 6.45) is 1.28. The Kier molecular flexibility index (Phi) is 5.44. The van der Waals surface area contributed by atoms with E-state index < -0.39 is 5.54 Å². The van der Waals surface area contributed by atoms with Crippen molar-refractivity contribution in [2.45, 2.75) is 32.2 Å². The first kappa shape index (κ1) is 14.8. The second-order valence-electron chi connectivity index (χ2n) is 4.47. The highest BCUT2D eigenvalue weighted by Gasteiger charge is 2.23. The number of aliphatic hydroxyl groups is 1. The predicted octanol–water partition coefficient (Wildman–Crippen LogP) is 3.01. The number of urea groups is 1.